The number of hydrazine groups is 1. The summed E-state index contributed by atoms with van der Waals surface area (Å²) in [6.45, 7) is 0. The predicted molar refractivity (Wildman–Crippen MR) is 63.5 cm³/mol. The van der Waals surface area contributed by atoms with Crippen molar-refractivity contribution in [3.05, 3.63) is 47.5 Å². The van der Waals surface area contributed by atoms with Gasteiger partial charge in [0, 0.05) is 24.3 Å². The number of aromatic nitrogens is 1. The fourth-order valence-electron chi connectivity index (χ4n) is 1.50. The zero-order chi connectivity index (χ0) is 15.6. The quantitative estimate of drug-likeness (QED) is 0.518. The summed E-state index contributed by atoms with van der Waals surface area (Å²) in [6.07, 6.45) is -4.65. The van der Waals surface area contributed by atoms with Crippen LogP contribution in [-0.2, 0) is 6.18 Å². The van der Waals surface area contributed by atoms with Crippen LogP contribution < -0.4 is 16.0 Å². The normalized spacial score (nSPS) is 11.3. The van der Waals surface area contributed by atoms with Crippen molar-refractivity contribution in [3.63, 3.8) is 0 Å². The second-order valence-electron chi connectivity index (χ2n) is 3.93. The van der Waals surface area contributed by atoms with Gasteiger partial charge in [0.2, 0.25) is 5.88 Å². The molecule has 1 aromatic heterocycles. The van der Waals surface area contributed by atoms with E-state index in [1.54, 1.807) is 0 Å². The first-order chi connectivity index (χ1) is 9.77. The average Bonchev–Trinajstić information content (AvgIpc) is 2.36. The molecule has 2 aromatic rings. The van der Waals surface area contributed by atoms with Gasteiger partial charge in [-0.05, 0) is 6.07 Å². The van der Waals surface area contributed by atoms with Gasteiger partial charge in [-0.25, -0.2) is 14.6 Å². The number of nitrogen functional groups attached to an aromatic ring is 1. The maximum Gasteiger partial charge on any atom is 0.416 e. The van der Waals surface area contributed by atoms with E-state index in [4.69, 9.17) is 10.6 Å². The number of nitrogens with one attached hydrogen (secondary N) is 1. The van der Waals surface area contributed by atoms with Crippen molar-refractivity contribution in [2.24, 2.45) is 5.84 Å². The first kappa shape index (κ1) is 15.0. The predicted octanol–water partition coefficient (Wildman–Crippen LogP) is 3.46. The number of nitrogens with two attached hydrogens (primary N) is 1. The van der Waals surface area contributed by atoms with E-state index in [9.17, 15) is 22.0 Å². The fourth-order valence-corrected chi connectivity index (χ4v) is 1.50. The van der Waals surface area contributed by atoms with Crippen LogP contribution in [0.15, 0.2) is 30.3 Å². The summed E-state index contributed by atoms with van der Waals surface area (Å²) in [5.74, 6) is 1.99. The number of benzene rings is 1. The van der Waals surface area contributed by atoms with E-state index < -0.39 is 29.3 Å². The molecule has 9 heteroatoms. The molecule has 0 atom stereocenters. The molecule has 0 saturated heterocycles. The van der Waals surface area contributed by atoms with Crippen molar-refractivity contribution in [3.8, 4) is 11.6 Å². The minimum Gasteiger partial charge on any atom is -0.439 e. The monoisotopic (exact) mass is 305 g/mol. The lowest BCUT2D eigenvalue weighted by molar-refractivity contribution is -0.137. The Labute approximate surface area is 115 Å². The zero-order valence-electron chi connectivity index (χ0n) is 10.2. The second-order valence-corrected chi connectivity index (χ2v) is 3.93. The van der Waals surface area contributed by atoms with Gasteiger partial charge in [0.1, 0.15) is 23.2 Å². The van der Waals surface area contributed by atoms with Crippen molar-refractivity contribution >= 4 is 5.82 Å². The van der Waals surface area contributed by atoms with Gasteiger partial charge in [0.05, 0.1) is 5.56 Å². The lowest BCUT2D eigenvalue weighted by Gasteiger charge is -2.11. The Morgan fingerprint density at radius 1 is 1.00 bits per heavy atom. The molecular formula is C12H8F5N3O. The summed E-state index contributed by atoms with van der Waals surface area (Å²) >= 11 is 0. The van der Waals surface area contributed by atoms with Crippen LogP contribution in [0.1, 0.15) is 5.56 Å². The fraction of sp³-hybridized carbons (Fsp3) is 0.0833. The number of hydrogen-bond acceptors (Lipinski definition) is 4. The van der Waals surface area contributed by atoms with Crippen molar-refractivity contribution in [2.75, 3.05) is 5.43 Å². The van der Waals surface area contributed by atoms with Crippen LogP contribution in [0.5, 0.6) is 11.6 Å². The molecule has 0 aliphatic heterocycles. The molecule has 0 unspecified atom stereocenters. The SMILES string of the molecule is NNc1cc(C(F)(F)F)cc(Oc2cc(F)cc(F)c2)n1. The number of pyridine rings is 1. The largest absolute Gasteiger partial charge is 0.439 e. The highest BCUT2D eigenvalue weighted by molar-refractivity contribution is 5.42. The molecule has 21 heavy (non-hydrogen) atoms. The summed E-state index contributed by atoms with van der Waals surface area (Å²) in [5, 5.41) is 0. The van der Waals surface area contributed by atoms with E-state index in [2.05, 4.69) is 4.98 Å². The van der Waals surface area contributed by atoms with Gasteiger partial charge in [-0.1, -0.05) is 0 Å². The van der Waals surface area contributed by atoms with Gasteiger partial charge in [-0.3, -0.25) is 0 Å². The molecule has 3 N–H and O–H groups in total. The Bertz CT molecular complexity index is 640. The summed E-state index contributed by atoms with van der Waals surface area (Å²) in [6, 6.07) is 3.46. The van der Waals surface area contributed by atoms with E-state index in [1.807, 2.05) is 5.43 Å². The third-order valence-corrected chi connectivity index (χ3v) is 2.34. The Morgan fingerprint density at radius 2 is 1.62 bits per heavy atom. The molecule has 4 nitrogen and oxygen atoms in total. The van der Waals surface area contributed by atoms with Crippen LogP contribution in [0.2, 0.25) is 0 Å². The first-order valence-electron chi connectivity index (χ1n) is 5.48. The van der Waals surface area contributed by atoms with Crippen LogP contribution in [0, 0.1) is 11.6 Å². The Morgan fingerprint density at radius 3 is 2.14 bits per heavy atom. The van der Waals surface area contributed by atoms with Crippen LogP contribution in [0.4, 0.5) is 27.8 Å². The molecule has 1 aromatic carbocycles. The molecule has 112 valence electrons. The maximum absolute atomic E-state index is 13.0. The lowest BCUT2D eigenvalue weighted by Crippen LogP contribution is -2.12. The van der Waals surface area contributed by atoms with Crippen molar-refractivity contribution in [2.45, 2.75) is 6.18 Å². The summed E-state index contributed by atoms with van der Waals surface area (Å²) < 4.78 is 69.0. The lowest BCUT2D eigenvalue weighted by atomic mass is 10.2. The van der Waals surface area contributed by atoms with Gasteiger partial charge >= 0.3 is 6.18 Å². The highest BCUT2D eigenvalue weighted by atomic mass is 19.4. The Balaban J connectivity index is 2.39. The van der Waals surface area contributed by atoms with Crippen molar-refractivity contribution in [1.29, 1.82) is 0 Å². The van der Waals surface area contributed by atoms with Crippen LogP contribution >= 0.6 is 0 Å². The number of anilines is 1. The number of alkyl halides is 3. The molecule has 0 aliphatic carbocycles. The second kappa shape index (κ2) is 5.52. The number of ether oxygens (including phenoxy) is 1. The number of hydrogen-bond donors (Lipinski definition) is 2. The first-order valence-corrected chi connectivity index (χ1v) is 5.48. The van der Waals surface area contributed by atoms with Gasteiger partial charge in [-0.15, -0.1) is 0 Å². The van der Waals surface area contributed by atoms with Gasteiger partial charge in [0.15, 0.2) is 0 Å². The molecule has 0 aliphatic rings. The molecular weight excluding hydrogens is 297 g/mol. The van der Waals surface area contributed by atoms with Gasteiger partial charge in [0.25, 0.3) is 0 Å². The number of rotatable bonds is 3. The molecule has 0 bridgehead atoms. The topological polar surface area (TPSA) is 60.2 Å². The Kier molecular flexibility index (Phi) is 3.94. The standard InChI is InChI=1S/C12H8F5N3O/c13-7-3-8(14)5-9(4-7)21-11-2-6(12(15,16)17)1-10(19-11)20-18/h1-5H,18H2,(H,19,20). The Hall–Kier alpha value is -2.42. The maximum atomic E-state index is 13.0. The van der Waals surface area contributed by atoms with E-state index in [0.29, 0.717) is 18.2 Å². The van der Waals surface area contributed by atoms with E-state index >= 15 is 0 Å². The average molecular weight is 305 g/mol. The summed E-state index contributed by atoms with van der Waals surface area (Å²) in [4.78, 5) is 3.62. The highest BCUT2D eigenvalue weighted by Crippen LogP contribution is 2.33. The highest BCUT2D eigenvalue weighted by Gasteiger charge is 2.32. The molecule has 2 rings (SSSR count). The summed E-state index contributed by atoms with van der Waals surface area (Å²) in [7, 11) is 0. The minimum atomic E-state index is -4.65. The molecule has 0 amide bonds. The van der Waals surface area contributed by atoms with Gasteiger partial charge < -0.3 is 10.2 Å². The smallest absolute Gasteiger partial charge is 0.416 e. The summed E-state index contributed by atoms with van der Waals surface area (Å²) in [5.41, 5.74) is 0.877. The molecule has 0 saturated carbocycles. The molecule has 0 fully saturated rings. The van der Waals surface area contributed by atoms with Crippen LogP contribution in [0.3, 0.4) is 0 Å². The van der Waals surface area contributed by atoms with Crippen LogP contribution in [-0.4, -0.2) is 4.98 Å². The molecule has 0 spiro atoms. The number of halogens is 5. The van der Waals surface area contributed by atoms with Gasteiger partial charge in [-0.2, -0.15) is 18.2 Å². The van der Waals surface area contributed by atoms with E-state index in [-0.39, 0.29) is 11.6 Å². The molecule has 1 heterocycles. The van der Waals surface area contributed by atoms with E-state index in [1.165, 1.54) is 0 Å². The molecule has 0 radical (unpaired) electrons. The minimum absolute atomic E-state index is 0.309. The van der Waals surface area contributed by atoms with E-state index in [0.717, 1.165) is 12.1 Å². The number of nitrogens with zero attached hydrogens (tertiary/aromatic N) is 1. The zero-order valence-corrected chi connectivity index (χ0v) is 10.2. The third-order valence-electron chi connectivity index (χ3n) is 2.34. The third kappa shape index (κ3) is 3.78. The van der Waals surface area contributed by atoms with Crippen molar-refractivity contribution < 1.29 is 26.7 Å². The van der Waals surface area contributed by atoms with Crippen molar-refractivity contribution in [1.82, 2.24) is 4.98 Å². The van der Waals surface area contributed by atoms with Crippen LogP contribution in [0.25, 0.3) is 0 Å².